The summed E-state index contributed by atoms with van der Waals surface area (Å²) in [5.74, 6) is -1.08. The Bertz CT molecular complexity index is 551. The number of anilines is 1. The van der Waals surface area contributed by atoms with Crippen LogP contribution in [0.15, 0.2) is 18.2 Å². The standard InChI is InChI=1S/C14H19N3O4/c1-10(2)15-5-7-16(8-6-15)13-9-11(14(18)19)3-4-12(13)17(20)21/h3-4,9-10H,5-8H2,1-2H3,(H,18,19). The van der Waals surface area contributed by atoms with E-state index < -0.39 is 10.9 Å². The molecular weight excluding hydrogens is 274 g/mol. The van der Waals surface area contributed by atoms with Crippen molar-refractivity contribution < 1.29 is 14.8 Å². The van der Waals surface area contributed by atoms with E-state index in [9.17, 15) is 14.9 Å². The fourth-order valence-corrected chi connectivity index (χ4v) is 2.54. The molecule has 1 N–H and O–H groups in total. The highest BCUT2D eigenvalue weighted by atomic mass is 16.6. The normalized spacial score (nSPS) is 16.2. The molecule has 0 amide bonds. The van der Waals surface area contributed by atoms with Crippen LogP contribution in [0.5, 0.6) is 0 Å². The number of nitro benzene ring substituents is 1. The highest BCUT2D eigenvalue weighted by molar-refractivity contribution is 5.90. The first-order valence-corrected chi connectivity index (χ1v) is 6.91. The van der Waals surface area contributed by atoms with Crippen LogP contribution >= 0.6 is 0 Å². The van der Waals surface area contributed by atoms with E-state index in [1.165, 1.54) is 18.2 Å². The summed E-state index contributed by atoms with van der Waals surface area (Å²) >= 11 is 0. The van der Waals surface area contributed by atoms with Crippen molar-refractivity contribution in [2.24, 2.45) is 0 Å². The molecule has 1 saturated heterocycles. The molecule has 21 heavy (non-hydrogen) atoms. The maximum atomic E-state index is 11.1. The van der Waals surface area contributed by atoms with Crippen LogP contribution in [0, 0.1) is 10.1 Å². The molecule has 0 unspecified atom stereocenters. The van der Waals surface area contributed by atoms with E-state index in [0.29, 0.717) is 24.8 Å². The Kier molecular flexibility index (Phi) is 4.42. The third-order valence-corrected chi connectivity index (χ3v) is 3.80. The summed E-state index contributed by atoms with van der Waals surface area (Å²) in [5.41, 5.74) is 0.420. The number of rotatable bonds is 4. The van der Waals surface area contributed by atoms with E-state index in [-0.39, 0.29) is 11.3 Å². The molecule has 1 aromatic rings. The van der Waals surface area contributed by atoms with Gasteiger partial charge in [0.1, 0.15) is 5.69 Å². The van der Waals surface area contributed by atoms with Crippen molar-refractivity contribution in [2.45, 2.75) is 19.9 Å². The molecule has 0 aliphatic carbocycles. The minimum Gasteiger partial charge on any atom is -0.478 e. The van der Waals surface area contributed by atoms with Crippen LogP contribution in [-0.4, -0.2) is 53.1 Å². The number of carboxylic acid groups (broad SMARTS) is 1. The number of hydrogen-bond donors (Lipinski definition) is 1. The predicted molar refractivity (Wildman–Crippen MR) is 79.0 cm³/mol. The minimum atomic E-state index is -1.08. The zero-order valence-corrected chi connectivity index (χ0v) is 12.2. The van der Waals surface area contributed by atoms with Crippen LogP contribution < -0.4 is 4.90 Å². The number of nitrogens with zero attached hydrogens (tertiary/aromatic N) is 3. The molecule has 0 bridgehead atoms. The van der Waals surface area contributed by atoms with Gasteiger partial charge in [-0.2, -0.15) is 0 Å². The molecule has 0 spiro atoms. The van der Waals surface area contributed by atoms with E-state index in [2.05, 4.69) is 18.7 Å². The molecule has 1 aliphatic heterocycles. The van der Waals surface area contributed by atoms with Crippen molar-refractivity contribution in [3.8, 4) is 0 Å². The molecule has 114 valence electrons. The number of piperazine rings is 1. The van der Waals surface area contributed by atoms with Gasteiger partial charge in [0.2, 0.25) is 0 Å². The quantitative estimate of drug-likeness (QED) is 0.673. The van der Waals surface area contributed by atoms with Gasteiger partial charge in [-0.1, -0.05) is 0 Å². The van der Waals surface area contributed by atoms with Crippen molar-refractivity contribution in [1.29, 1.82) is 0 Å². The molecule has 1 aliphatic rings. The van der Waals surface area contributed by atoms with E-state index in [1.807, 2.05) is 4.90 Å². The summed E-state index contributed by atoms with van der Waals surface area (Å²) in [6.45, 7) is 7.16. The average Bonchev–Trinajstić information content (AvgIpc) is 2.46. The molecule has 0 radical (unpaired) electrons. The van der Waals surface area contributed by atoms with Gasteiger partial charge in [-0.3, -0.25) is 15.0 Å². The third-order valence-electron chi connectivity index (χ3n) is 3.80. The predicted octanol–water partition coefficient (Wildman–Crippen LogP) is 1.82. The van der Waals surface area contributed by atoms with E-state index >= 15 is 0 Å². The topological polar surface area (TPSA) is 86.9 Å². The van der Waals surface area contributed by atoms with Gasteiger partial charge in [0.25, 0.3) is 5.69 Å². The monoisotopic (exact) mass is 293 g/mol. The molecule has 1 aromatic carbocycles. The summed E-state index contributed by atoms with van der Waals surface area (Å²) in [4.78, 5) is 25.9. The lowest BCUT2D eigenvalue weighted by Gasteiger charge is -2.37. The van der Waals surface area contributed by atoms with Gasteiger partial charge in [-0.25, -0.2) is 4.79 Å². The Morgan fingerprint density at radius 2 is 1.90 bits per heavy atom. The minimum absolute atomic E-state index is 0.0435. The number of benzene rings is 1. The van der Waals surface area contributed by atoms with Gasteiger partial charge < -0.3 is 10.0 Å². The number of nitro groups is 1. The summed E-state index contributed by atoms with van der Waals surface area (Å²) in [7, 11) is 0. The molecule has 0 saturated carbocycles. The first kappa shape index (κ1) is 15.2. The van der Waals surface area contributed by atoms with Crippen molar-refractivity contribution in [3.05, 3.63) is 33.9 Å². The molecule has 7 heteroatoms. The number of carboxylic acids is 1. The van der Waals surface area contributed by atoms with E-state index in [4.69, 9.17) is 5.11 Å². The average molecular weight is 293 g/mol. The molecule has 1 heterocycles. The lowest BCUT2D eigenvalue weighted by molar-refractivity contribution is -0.384. The fourth-order valence-electron chi connectivity index (χ4n) is 2.54. The highest BCUT2D eigenvalue weighted by Gasteiger charge is 2.25. The van der Waals surface area contributed by atoms with Crippen LogP contribution in [0.1, 0.15) is 24.2 Å². The summed E-state index contributed by atoms with van der Waals surface area (Å²) in [6, 6.07) is 4.38. The van der Waals surface area contributed by atoms with Gasteiger partial charge in [0.05, 0.1) is 10.5 Å². The number of aromatic carboxylic acids is 1. The second kappa shape index (κ2) is 6.09. The molecular formula is C14H19N3O4. The summed E-state index contributed by atoms with van der Waals surface area (Å²) in [6.07, 6.45) is 0. The molecule has 2 rings (SSSR count). The third kappa shape index (κ3) is 3.30. The molecule has 7 nitrogen and oxygen atoms in total. The first-order valence-electron chi connectivity index (χ1n) is 6.91. The van der Waals surface area contributed by atoms with Gasteiger partial charge in [0, 0.05) is 38.3 Å². The Balaban J connectivity index is 2.27. The molecule has 1 fully saturated rings. The van der Waals surface area contributed by atoms with E-state index in [1.54, 1.807) is 0 Å². The maximum absolute atomic E-state index is 11.1. The lowest BCUT2D eigenvalue weighted by atomic mass is 10.1. The van der Waals surface area contributed by atoms with E-state index in [0.717, 1.165) is 13.1 Å². The summed E-state index contributed by atoms with van der Waals surface area (Å²) < 4.78 is 0. The number of hydrogen-bond acceptors (Lipinski definition) is 5. The van der Waals surface area contributed by atoms with Gasteiger partial charge >= 0.3 is 5.97 Å². The highest BCUT2D eigenvalue weighted by Crippen LogP contribution is 2.30. The summed E-state index contributed by atoms with van der Waals surface area (Å²) in [5, 5.41) is 20.2. The Morgan fingerprint density at radius 1 is 1.29 bits per heavy atom. The Labute approximate surface area is 122 Å². The second-order valence-electron chi connectivity index (χ2n) is 5.38. The van der Waals surface area contributed by atoms with Crippen LogP contribution in [0.25, 0.3) is 0 Å². The maximum Gasteiger partial charge on any atom is 0.335 e. The smallest absolute Gasteiger partial charge is 0.335 e. The Hall–Kier alpha value is -2.15. The number of carbonyl (C=O) groups is 1. The van der Waals surface area contributed by atoms with Crippen molar-refractivity contribution in [1.82, 2.24) is 4.90 Å². The zero-order valence-electron chi connectivity index (χ0n) is 12.2. The SMILES string of the molecule is CC(C)N1CCN(c2cc(C(=O)O)ccc2[N+](=O)[O-])CC1. The first-order chi connectivity index (χ1) is 9.90. The van der Waals surface area contributed by atoms with Crippen molar-refractivity contribution >= 4 is 17.3 Å². The van der Waals surface area contributed by atoms with Gasteiger partial charge in [-0.15, -0.1) is 0 Å². The van der Waals surface area contributed by atoms with Crippen LogP contribution in [0.3, 0.4) is 0 Å². The second-order valence-corrected chi connectivity index (χ2v) is 5.38. The van der Waals surface area contributed by atoms with Crippen LogP contribution in [0.4, 0.5) is 11.4 Å². The largest absolute Gasteiger partial charge is 0.478 e. The van der Waals surface area contributed by atoms with Gasteiger partial charge in [-0.05, 0) is 26.0 Å². The lowest BCUT2D eigenvalue weighted by Crippen LogP contribution is -2.49. The van der Waals surface area contributed by atoms with Crippen molar-refractivity contribution in [2.75, 3.05) is 31.1 Å². The van der Waals surface area contributed by atoms with Crippen LogP contribution in [-0.2, 0) is 0 Å². The van der Waals surface area contributed by atoms with Crippen molar-refractivity contribution in [3.63, 3.8) is 0 Å². The zero-order chi connectivity index (χ0) is 15.6. The molecule has 0 aromatic heterocycles. The van der Waals surface area contributed by atoms with Gasteiger partial charge in [0.15, 0.2) is 0 Å². The fraction of sp³-hybridized carbons (Fsp3) is 0.500. The molecule has 0 atom stereocenters. The van der Waals surface area contributed by atoms with Crippen LogP contribution in [0.2, 0.25) is 0 Å². The Morgan fingerprint density at radius 3 is 2.38 bits per heavy atom.